The average Bonchev–Trinajstić information content (AvgIpc) is 3.06. The number of likely N-dealkylation sites (tertiary alicyclic amines) is 1. The van der Waals surface area contributed by atoms with Gasteiger partial charge in [0.2, 0.25) is 0 Å². The smallest absolute Gasteiger partial charge is 0.407 e. The molecule has 25 heavy (non-hydrogen) atoms. The molecule has 134 valence electrons. The summed E-state index contributed by atoms with van der Waals surface area (Å²) in [6.07, 6.45) is 3.77. The zero-order chi connectivity index (χ0) is 17.8. The van der Waals surface area contributed by atoms with Crippen molar-refractivity contribution < 1.29 is 15.0 Å². The lowest BCUT2D eigenvalue weighted by Crippen LogP contribution is -2.45. The Morgan fingerprint density at radius 3 is 2.56 bits per heavy atom. The van der Waals surface area contributed by atoms with Crippen molar-refractivity contribution in [3.8, 4) is 11.4 Å². The van der Waals surface area contributed by atoms with Crippen molar-refractivity contribution in [1.82, 2.24) is 19.8 Å². The number of imidazole rings is 1. The van der Waals surface area contributed by atoms with Crippen molar-refractivity contribution in [2.45, 2.75) is 25.0 Å². The molecule has 1 aromatic carbocycles. The summed E-state index contributed by atoms with van der Waals surface area (Å²) in [5.41, 5.74) is 1.87. The summed E-state index contributed by atoms with van der Waals surface area (Å²) in [6.45, 7) is 1.54. The first-order valence-electron chi connectivity index (χ1n) is 8.51. The van der Waals surface area contributed by atoms with Crippen molar-refractivity contribution in [1.29, 1.82) is 0 Å². The van der Waals surface area contributed by atoms with E-state index in [1.165, 1.54) is 4.90 Å². The number of benzene rings is 1. The molecule has 1 saturated heterocycles. The summed E-state index contributed by atoms with van der Waals surface area (Å²) >= 11 is 0. The number of nitrogens with one attached hydrogen (secondary N) is 1. The molecule has 7 heteroatoms. The van der Waals surface area contributed by atoms with E-state index < -0.39 is 12.2 Å². The quantitative estimate of drug-likeness (QED) is 0.770. The van der Waals surface area contributed by atoms with E-state index in [4.69, 9.17) is 5.11 Å². The van der Waals surface area contributed by atoms with E-state index in [1.54, 1.807) is 6.20 Å². The van der Waals surface area contributed by atoms with Crippen LogP contribution >= 0.6 is 0 Å². The zero-order valence-electron chi connectivity index (χ0n) is 14.3. The third-order valence-electron chi connectivity index (χ3n) is 4.74. The number of carbonyl (C=O) groups is 1. The average molecular weight is 344 g/mol. The van der Waals surface area contributed by atoms with E-state index >= 15 is 0 Å². The fourth-order valence-corrected chi connectivity index (χ4v) is 3.17. The van der Waals surface area contributed by atoms with Gasteiger partial charge in [-0.05, 0) is 18.4 Å². The Kier molecular flexibility index (Phi) is 5.35. The molecule has 7 nitrogen and oxygen atoms in total. The van der Waals surface area contributed by atoms with Crippen LogP contribution in [0.15, 0.2) is 36.7 Å². The Bertz CT molecular complexity index is 705. The first kappa shape index (κ1) is 17.4. The topological polar surface area (TPSA) is 90.6 Å². The maximum absolute atomic E-state index is 10.9. The Balaban J connectivity index is 1.51. The molecule has 0 spiro atoms. The van der Waals surface area contributed by atoms with Crippen LogP contribution in [-0.2, 0) is 7.05 Å². The van der Waals surface area contributed by atoms with Crippen molar-refractivity contribution >= 4 is 6.09 Å². The van der Waals surface area contributed by atoms with Crippen LogP contribution in [0.5, 0.6) is 0 Å². The molecule has 3 rings (SSSR count). The minimum absolute atomic E-state index is 0.247. The van der Waals surface area contributed by atoms with Gasteiger partial charge in [0, 0.05) is 50.7 Å². The molecule has 1 aliphatic rings. The molecule has 1 aliphatic heterocycles. The molecule has 0 aliphatic carbocycles. The summed E-state index contributed by atoms with van der Waals surface area (Å²) in [4.78, 5) is 16.7. The summed E-state index contributed by atoms with van der Waals surface area (Å²) in [5.74, 6) is 0.893. The number of aryl methyl sites for hydroxylation is 1. The second kappa shape index (κ2) is 7.67. The van der Waals surface area contributed by atoms with Crippen LogP contribution in [0.25, 0.3) is 11.4 Å². The minimum atomic E-state index is -0.855. The van der Waals surface area contributed by atoms with E-state index in [2.05, 4.69) is 10.3 Å². The maximum Gasteiger partial charge on any atom is 0.407 e. The largest absolute Gasteiger partial charge is 0.465 e. The number of rotatable bonds is 5. The van der Waals surface area contributed by atoms with Crippen LogP contribution in [0.1, 0.15) is 24.5 Å². The van der Waals surface area contributed by atoms with E-state index in [0.717, 1.165) is 29.8 Å². The van der Waals surface area contributed by atoms with Crippen LogP contribution in [0.3, 0.4) is 0 Å². The van der Waals surface area contributed by atoms with Crippen molar-refractivity contribution in [3.05, 3.63) is 42.2 Å². The molecular weight excluding hydrogens is 320 g/mol. The fraction of sp³-hybridized carbons (Fsp3) is 0.444. The van der Waals surface area contributed by atoms with Gasteiger partial charge in [-0.1, -0.05) is 24.3 Å². The maximum atomic E-state index is 10.9. The van der Waals surface area contributed by atoms with Crippen LogP contribution in [-0.4, -0.2) is 56.4 Å². The van der Waals surface area contributed by atoms with Gasteiger partial charge in [0.05, 0.1) is 6.10 Å². The van der Waals surface area contributed by atoms with Gasteiger partial charge in [0.1, 0.15) is 5.82 Å². The molecule has 1 fully saturated rings. The van der Waals surface area contributed by atoms with E-state index in [-0.39, 0.29) is 6.04 Å². The number of nitrogens with zero attached hydrogens (tertiary/aromatic N) is 3. The Morgan fingerprint density at radius 1 is 1.32 bits per heavy atom. The standard InChI is InChI=1S/C18H24N4O3/c1-21-11-8-19-17(21)14-4-2-13(3-5-14)16(23)12-20-15-6-9-22(10-7-15)18(24)25/h2-5,8,11,15-16,20,23H,6-7,9-10,12H2,1H3,(H,24,25). The van der Waals surface area contributed by atoms with Gasteiger partial charge in [-0.2, -0.15) is 0 Å². The lowest BCUT2D eigenvalue weighted by molar-refractivity contribution is 0.123. The normalized spacial score (nSPS) is 16.8. The number of hydrogen-bond acceptors (Lipinski definition) is 4. The predicted molar refractivity (Wildman–Crippen MR) is 94.2 cm³/mol. The number of aliphatic hydroxyl groups is 1. The van der Waals surface area contributed by atoms with E-state index in [0.29, 0.717) is 19.6 Å². The first-order valence-corrected chi connectivity index (χ1v) is 8.51. The van der Waals surface area contributed by atoms with Crippen molar-refractivity contribution in [2.75, 3.05) is 19.6 Å². The number of carboxylic acid groups (broad SMARTS) is 1. The number of aliphatic hydroxyl groups excluding tert-OH is 1. The molecule has 0 bridgehead atoms. The van der Waals surface area contributed by atoms with Crippen LogP contribution in [0, 0.1) is 0 Å². The molecular formula is C18H24N4O3. The molecule has 0 saturated carbocycles. The molecule has 3 N–H and O–H groups in total. The molecule has 1 aromatic heterocycles. The number of amides is 1. The second-order valence-corrected chi connectivity index (χ2v) is 6.45. The third kappa shape index (κ3) is 4.18. The molecule has 1 amide bonds. The third-order valence-corrected chi connectivity index (χ3v) is 4.74. The Morgan fingerprint density at radius 2 is 2.00 bits per heavy atom. The second-order valence-electron chi connectivity index (χ2n) is 6.45. The highest BCUT2D eigenvalue weighted by Gasteiger charge is 2.22. The van der Waals surface area contributed by atoms with Gasteiger partial charge < -0.3 is 25.0 Å². The van der Waals surface area contributed by atoms with Gasteiger partial charge >= 0.3 is 6.09 Å². The molecule has 0 radical (unpaired) electrons. The predicted octanol–water partition coefficient (Wildman–Crippen LogP) is 1.85. The monoisotopic (exact) mass is 344 g/mol. The van der Waals surface area contributed by atoms with Gasteiger partial charge in [-0.15, -0.1) is 0 Å². The van der Waals surface area contributed by atoms with Crippen LogP contribution < -0.4 is 5.32 Å². The fourth-order valence-electron chi connectivity index (χ4n) is 3.17. The molecule has 1 atom stereocenters. The first-order chi connectivity index (χ1) is 12.0. The van der Waals surface area contributed by atoms with Gasteiger partial charge in [0.15, 0.2) is 0 Å². The Labute approximate surface area is 146 Å². The van der Waals surface area contributed by atoms with Crippen molar-refractivity contribution in [3.63, 3.8) is 0 Å². The van der Waals surface area contributed by atoms with Gasteiger partial charge in [0.25, 0.3) is 0 Å². The molecule has 1 unspecified atom stereocenters. The minimum Gasteiger partial charge on any atom is -0.465 e. The SMILES string of the molecule is Cn1ccnc1-c1ccc(C(O)CNC2CCN(C(=O)O)CC2)cc1. The summed E-state index contributed by atoms with van der Waals surface area (Å²) < 4.78 is 1.95. The lowest BCUT2D eigenvalue weighted by atomic mass is 10.0. The highest BCUT2D eigenvalue weighted by Crippen LogP contribution is 2.20. The highest BCUT2D eigenvalue weighted by atomic mass is 16.4. The van der Waals surface area contributed by atoms with Crippen molar-refractivity contribution in [2.24, 2.45) is 7.05 Å². The lowest BCUT2D eigenvalue weighted by Gasteiger charge is -2.31. The summed E-state index contributed by atoms with van der Waals surface area (Å²) in [5, 5.41) is 22.7. The van der Waals surface area contributed by atoms with Crippen LogP contribution in [0.4, 0.5) is 4.79 Å². The number of piperidine rings is 1. The number of aromatic nitrogens is 2. The summed E-state index contributed by atoms with van der Waals surface area (Å²) in [6, 6.07) is 8.02. The molecule has 2 heterocycles. The van der Waals surface area contributed by atoms with E-state index in [1.807, 2.05) is 42.1 Å². The van der Waals surface area contributed by atoms with Crippen LogP contribution in [0.2, 0.25) is 0 Å². The molecule has 2 aromatic rings. The Hall–Kier alpha value is -2.38. The highest BCUT2D eigenvalue weighted by molar-refractivity contribution is 5.65. The van der Waals surface area contributed by atoms with Gasteiger partial charge in [-0.25, -0.2) is 9.78 Å². The zero-order valence-corrected chi connectivity index (χ0v) is 14.3. The van der Waals surface area contributed by atoms with E-state index in [9.17, 15) is 9.90 Å². The number of hydrogen-bond donors (Lipinski definition) is 3. The van der Waals surface area contributed by atoms with Gasteiger partial charge in [-0.3, -0.25) is 0 Å². The summed E-state index contributed by atoms with van der Waals surface area (Å²) in [7, 11) is 1.95.